The van der Waals surface area contributed by atoms with Gasteiger partial charge in [-0.3, -0.25) is 4.72 Å². The molecule has 1 aromatic heterocycles. The van der Waals surface area contributed by atoms with Gasteiger partial charge in [0, 0.05) is 17.0 Å². The summed E-state index contributed by atoms with van der Waals surface area (Å²) in [5, 5.41) is 2.37. The Kier molecular flexibility index (Phi) is 3.35. The minimum Gasteiger partial charge on any atom is -0.399 e. The zero-order valence-corrected chi connectivity index (χ0v) is 12.7. The lowest BCUT2D eigenvalue weighted by atomic mass is 10.3. The van der Waals surface area contributed by atoms with E-state index >= 15 is 0 Å². The first-order chi connectivity index (χ1) is 9.45. The maximum absolute atomic E-state index is 12.3. The van der Waals surface area contributed by atoms with Crippen molar-refractivity contribution in [3.05, 3.63) is 34.3 Å². The Bertz CT molecular complexity index is 754. The summed E-state index contributed by atoms with van der Waals surface area (Å²) in [7, 11) is -3.77. The summed E-state index contributed by atoms with van der Waals surface area (Å²) in [5.74, 6) is 0.487. The molecular weight excluding hydrogens is 318 g/mol. The number of hydrogen-bond donors (Lipinski definition) is 2. The van der Waals surface area contributed by atoms with Crippen molar-refractivity contribution < 1.29 is 8.42 Å². The molecule has 0 spiro atoms. The Morgan fingerprint density at radius 1 is 1.40 bits per heavy atom. The Morgan fingerprint density at radius 3 is 2.85 bits per heavy atom. The fourth-order valence-electron chi connectivity index (χ4n) is 1.80. The van der Waals surface area contributed by atoms with Gasteiger partial charge < -0.3 is 5.73 Å². The number of benzene rings is 1. The second kappa shape index (κ2) is 4.91. The predicted octanol–water partition coefficient (Wildman–Crippen LogP) is 3.06. The molecule has 3 N–H and O–H groups in total. The highest BCUT2D eigenvalue weighted by molar-refractivity contribution is 7.93. The molecule has 1 heterocycles. The standard InChI is InChI=1S/C12H12ClN3O2S2/c13-9-4-3-8(14)5-11(9)20(17,18)16-12-15-10(6-19-12)7-1-2-7/h3-7H,1-2,14H2,(H,15,16). The van der Waals surface area contributed by atoms with Gasteiger partial charge in [-0.15, -0.1) is 11.3 Å². The van der Waals surface area contributed by atoms with Gasteiger partial charge in [0.05, 0.1) is 10.7 Å². The maximum Gasteiger partial charge on any atom is 0.265 e. The lowest BCUT2D eigenvalue weighted by Crippen LogP contribution is -2.13. The number of sulfonamides is 1. The highest BCUT2D eigenvalue weighted by atomic mass is 35.5. The van der Waals surface area contributed by atoms with Crippen LogP contribution < -0.4 is 10.5 Å². The van der Waals surface area contributed by atoms with E-state index in [1.807, 2.05) is 5.38 Å². The monoisotopic (exact) mass is 329 g/mol. The van der Waals surface area contributed by atoms with Crippen molar-refractivity contribution in [1.29, 1.82) is 0 Å². The van der Waals surface area contributed by atoms with Crippen LogP contribution in [0.1, 0.15) is 24.5 Å². The van der Waals surface area contributed by atoms with E-state index in [9.17, 15) is 8.42 Å². The number of aromatic nitrogens is 1. The third kappa shape index (κ3) is 2.74. The van der Waals surface area contributed by atoms with Crippen LogP contribution in [0.4, 0.5) is 10.8 Å². The van der Waals surface area contributed by atoms with Crippen molar-refractivity contribution in [2.45, 2.75) is 23.7 Å². The molecule has 8 heteroatoms. The summed E-state index contributed by atoms with van der Waals surface area (Å²) in [5.41, 5.74) is 6.90. The van der Waals surface area contributed by atoms with Crippen molar-refractivity contribution >= 4 is 43.8 Å². The van der Waals surface area contributed by atoms with Crippen molar-refractivity contribution in [3.63, 3.8) is 0 Å². The maximum atomic E-state index is 12.3. The molecule has 0 unspecified atom stereocenters. The summed E-state index contributed by atoms with van der Waals surface area (Å²) in [6.07, 6.45) is 2.24. The molecule has 2 aromatic rings. The molecule has 20 heavy (non-hydrogen) atoms. The van der Waals surface area contributed by atoms with Crippen molar-refractivity contribution in [2.24, 2.45) is 0 Å². The summed E-state index contributed by atoms with van der Waals surface area (Å²) in [4.78, 5) is 4.25. The third-order valence-corrected chi connectivity index (χ3v) is 5.71. The van der Waals surface area contributed by atoms with Gasteiger partial charge in [-0.05, 0) is 31.0 Å². The van der Waals surface area contributed by atoms with Gasteiger partial charge in [-0.1, -0.05) is 11.6 Å². The lowest BCUT2D eigenvalue weighted by molar-refractivity contribution is 0.601. The van der Waals surface area contributed by atoms with Crippen LogP contribution in [0.25, 0.3) is 0 Å². The fraction of sp³-hybridized carbons (Fsp3) is 0.250. The number of halogens is 1. The van der Waals surface area contributed by atoms with Crippen molar-refractivity contribution in [2.75, 3.05) is 10.5 Å². The van der Waals surface area contributed by atoms with Gasteiger partial charge >= 0.3 is 0 Å². The first-order valence-electron chi connectivity index (χ1n) is 5.99. The van der Waals surface area contributed by atoms with Crippen LogP contribution in [0, 0.1) is 0 Å². The van der Waals surface area contributed by atoms with Crippen LogP contribution in [-0.2, 0) is 10.0 Å². The van der Waals surface area contributed by atoms with E-state index in [-0.39, 0.29) is 9.92 Å². The smallest absolute Gasteiger partial charge is 0.265 e. The third-order valence-electron chi connectivity index (χ3n) is 2.98. The summed E-state index contributed by atoms with van der Waals surface area (Å²) in [6, 6.07) is 4.35. The number of rotatable bonds is 4. The molecule has 0 aliphatic heterocycles. The molecule has 1 aliphatic carbocycles. The Balaban J connectivity index is 1.89. The fourth-order valence-corrected chi connectivity index (χ4v) is 4.38. The number of nitrogens with zero attached hydrogens (tertiary/aromatic N) is 1. The molecule has 1 aromatic carbocycles. The molecule has 0 amide bonds. The van der Waals surface area contributed by atoms with Gasteiger partial charge in [-0.25, -0.2) is 13.4 Å². The van der Waals surface area contributed by atoms with Gasteiger partial charge in [0.2, 0.25) is 0 Å². The second-order valence-corrected chi connectivity index (χ2v) is 7.56. The van der Waals surface area contributed by atoms with Gasteiger partial charge in [0.15, 0.2) is 5.13 Å². The highest BCUT2D eigenvalue weighted by Crippen LogP contribution is 2.41. The number of anilines is 2. The molecule has 0 bridgehead atoms. The van der Waals surface area contributed by atoms with Crippen LogP contribution >= 0.6 is 22.9 Å². The first kappa shape index (κ1) is 13.7. The number of nitrogens with two attached hydrogens (primary N) is 1. The molecular formula is C12H12ClN3O2S2. The van der Waals surface area contributed by atoms with E-state index in [0.717, 1.165) is 18.5 Å². The van der Waals surface area contributed by atoms with Crippen LogP contribution in [0.5, 0.6) is 0 Å². The largest absolute Gasteiger partial charge is 0.399 e. The molecule has 3 rings (SSSR count). The molecule has 1 saturated carbocycles. The summed E-state index contributed by atoms with van der Waals surface area (Å²) >= 11 is 7.19. The molecule has 0 radical (unpaired) electrons. The zero-order chi connectivity index (χ0) is 14.3. The van der Waals surface area contributed by atoms with Crippen molar-refractivity contribution in [1.82, 2.24) is 4.98 Å². The molecule has 1 fully saturated rings. The van der Waals surface area contributed by atoms with Gasteiger partial charge in [-0.2, -0.15) is 0 Å². The van der Waals surface area contributed by atoms with E-state index in [1.54, 1.807) is 6.07 Å². The van der Waals surface area contributed by atoms with E-state index in [2.05, 4.69) is 9.71 Å². The lowest BCUT2D eigenvalue weighted by Gasteiger charge is -2.07. The minimum absolute atomic E-state index is 0.0395. The van der Waals surface area contributed by atoms with E-state index in [4.69, 9.17) is 17.3 Å². The van der Waals surface area contributed by atoms with E-state index in [0.29, 0.717) is 16.7 Å². The molecule has 1 aliphatic rings. The van der Waals surface area contributed by atoms with Crippen LogP contribution in [-0.4, -0.2) is 13.4 Å². The van der Waals surface area contributed by atoms with Crippen molar-refractivity contribution in [3.8, 4) is 0 Å². The highest BCUT2D eigenvalue weighted by Gasteiger charge is 2.27. The summed E-state index contributed by atoms with van der Waals surface area (Å²) < 4.78 is 27.0. The average Bonchev–Trinajstić information content (AvgIpc) is 3.13. The Morgan fingerprint density at radius 2 is 2.15 bits per heavy atom. The molecule has 5 nitrogen and oxygen atoms in total. The van der Waals surface area contributed by atoms with E-state index < -0.39 is 10.0 Å². The van der Waals surface area contributed by atoms with Crippen LogP contribution in [0.3, 0.4) is 0 Å². The quantitative estimate of drug-likeness (QED) is 0.844. The SMILES string of the molecule is Nc1ccc(Cl)c(S(=O)(=O)Nc2nc(C3CC3)cs2)c1. The molecule has 106 valence electrons. The zero-order valence-electron chi connectivity index (χ0n) is 10.3. The van der Waals surface area contributed by atoms with Gasteiger partial charge in [0.25, 0.3) is 10.0 Å². The first-order valence-corrected chi connectivity index (χ1v) is 8.73. The average molecular weight is 330 g/mol. The topological polar surface area (TPSA) is 85.1 Å². The number of hydrogen-bond acceptors (Lipinski definition) is 5. The normalized spacial score (nSPS) is 15.2. The van der Waals surface area contributed by atoms with E-state index in [1.165, 1.54) is 23.5 Å². The van der Waals surface area contributed by atoms with Crippen LogP contribution in [0.2, 0.25) is 5.02 Å². The molecule has 0 saturated heterocycles. The number of nitrogens with one attached hydrogen (secondary N) is 1. The van der Waals surface area contributed by atoms with Crippen LogP contribution in [0.15, 0.2) is 28.5 Å². The van der Waals surface area contributed by atoms with Gasteiger partial charge in [0.1, 0.15) is 4.90 Å². The Labute approximate surface area is 125 Å². The predicted molar refractivity (Wildman–Crippen MR) is 80.8 cm³/mol. The number of nitrogen functional groups attached to an aromatic ring is 1. The summed E-state index contributed by atoms with van der Waals surface area (Å²) in [6.45, 7) is 0. The number of thiazole rings is 1. The minimum atomic E-state index is -3.77. The second-order valence-electron chi connectivity index (χ2n) is 4.65. The Hall–Kier alpha value is -1.31. The molecule has 0 atom stereocenters.